The first-order chi connectivity index (χ1) is 16.1. The van der Waals surface area contributed by atoms with E-state index in [1.54, 1.807) is 0 Å². The molecule has 0 bridgehead atoms. The lowest BCUT2D eigenvalue weighted by Gasteiger charge is -2.33. The lowest BCUT2D eigenvalue weighted by Crippen LogP contribution is -2.48. The zero-order chi connectivity index (χ0) is 23.0. The Balaban J connectivity index is 1.33. The van der Waals surface area contributed by atoms with Crippen LogP contribution in [0.3, 0.4) is 0 Å². The van der Waals surface area contributed by atoms with Gasteiger partial charge in [-0.2, -0.15) is 0 Å². The average Bonchev–Trinajstić information content (AvgIpc) is 2.85. The highest BCUT2D eigenvalue weighted by molar-refractivity contribution is 5.95. The molecule has 0 unspecified atom stereocenters. The number of hydrogen-bond donors (Lipinski definition) is 1. The maximum Gasteiger partial charge on any atom is 0.251 e. The van der Waals surface area contributed by atoms with Gasteiger partial charge < -0.3 is 10.2 Å². The summed E-state index contributed by atoms with van der Waals surface area (Å²) in [6.45, 7) is 2.32. The van der Waals surface area contributed by atoms with E-state index in [9.17, 15) is 14.0 Å². The first-order valence-corrected chi connectivity index (χ1v) is 11.3. The molecule has 1 aliphatic rings. The van der Waals surface area contributed by atoms with Crippen LogP contribution in [-0.2, 0) is 11.3 Å². The van der Waals surface area contributed by atoms with E-state index in [-0.39, 0.29) is 23.7 Å². The Morgan fingerprint density at radius 3 is 2.12 bits per heavy atom. The predicted molar refractivity (Wildman–Crippen MR) is 127 cm³/mol. The molecule has 0 radical (unpaired) electrons. The van der Waals surface area contributed by atoms with Crippen molar-refractivity contribution in [1.82, 2.24) is 10.2 Å². The molecule has 1 heterocycles. The zero-order valence-electron chi connectivity index (χ0n) is 18.5. The van der Waals surface area contributed by atoms with Crippen LogP contribution in [0, 0.1) is 5.82 Å². The van der Waals surface area contributed by atoms with E-state index < -0.39 is 0 Å². The van der Waals surface area contributed by atoms with E-state index in [1.165, 1.54) is 24.3 Å². The SMILES string of the molecule is O=C(NC1CCN(CC(=O)N(Cc2ccccc2)c2ccccc2)CC1)c1ccc(F)cc1. The predicted octanol–water partition coefficient (Wildman–Crippen LogP) is 4.25. The van der Waals surface area contributed by atoms with Crippen molar-refractivity contribution in [2.24, 2.45) is 0 Å². The topological polar surface area (TPSA) is 52.7 Å². The van der Waals surface area contributed by atoms with Crippen molar-refractivity contribution in [3.05, 3.63) is 102 Å². The Morgan fingerprint density at radius 1 is 0.879 bits per heavy atom. The minimum atomic E-state index is -0.360. The summed E-state index contributed by atoms with van der Waals surface area (Å²) in [6, 6.07) is 25.3. The fourth-order valence-corrected chi connectivity index (χ4v) is 4.08. The van der Waals surface area contributed by atoms with Gasteiger partial charge in [0.05, 0.1) is 13.1 Å². The largest absolute Gasteiger partial charge is 0.349 e. The third-order valence-electron chi connectivity index (χ3n) is 5.94. The van der Waals surface area contributed by atoms with Gasteiger partial charge in [0.25, 0.3) is 5.91 Å². The molecule has 170 valence electrons. The summed E-state index contributed by atoms with van der Waals surface area (Å²) in [4.78, 5) is 29.6. The summed E-state index contributed by atoms with van der Waals surface area (Å²) in [5, 5.41) is 3.03. The molecule has 1 N–H and O–H groups in total. The van der Waals surface area contributed by atoms with E-state index in [0.717, 1.165) is 37.2 Å². The second-order valence-electron chi connectivity index (χ2n) is 8.33. The number of halogens is 1. The number of anilines is 1. The van der Waals surface area contributed by atoms with Gasteiger partial charge in [0, 0.05) is 30.4 Å². The van der Waals surface area contributed by atoms with Gasteiger partial charge in [-0.15, -0.1) is 0 Å². The molecule has 4 rings (SSSR count). The highest BCUT2D eigenvalue weighted by Gasteiger charge is 2.25. The molecule has 2 amide bonds. The van der Waals surface area contributed by atoms with E-state index in [4.69, 9.17) is 0 Å². The van der Waals surface area contributed by atoms with Gasteiger partial charge in [-0.3, -0.25) is 14.5 Å². The van der Waals surface area contributed by atoms with Crippen molar-refractivity contribution in [3.63, 3.8) is 0 Å². The molecule has 6 heteroatoms. The summed E-state index contributed by atoms with van der Waals surface area (Å²) < 4.78 is 13.1. The number of nitrogens with zero attached hydrogens (tertiary/aromatic N) is 2. The standard InChI is InChI=1S/C27H28FN3O2/c28-23-13-11-22(12-14-23)27(33)29-24-15-17-30(18-16-24)20-26(32)31(25-9-5-2-6-10-25)19-21-7-3-1-4-8-21/h1-14,24H,15-20H2,(H,29,33). The second-order valence-corrected chi connectivity index (χ2v) is 8.33. The van der Waals surface area contributed by atoms with Gasteiger partial charge in [-0.05, 0) is 54.8 Å². The Hall–Kier alpha value is -3.51. The molecule has 0 saturated carbocycles. The smallest absolute Gasteiger partial charge is 0.251 e. The van der Waals surface area contributed by atoms with Crippen molar-refractivity contribution in [3.8, 4) is 0 Å². The molecule has 1 aliphatic heterocycles. The first-order valence-electron chi connectivity index (χ1n) is 11.3. The molecule has 1 saturated heterocycles. The zero-order valence-corrected chi connectivity index (χ0v) is 18.5. The number of carbonyl (C=O) groups excluding carboxylic acids is 2. The van der Waals surface area contributed by atoms with Crippen LogP contribution in [-0.4, -0.2) is 42.4 Å². The number of piperidine rings is 1. The van der Waals surface area contributed by atoms with Gasteiger partial charge in [-0.25, -0.2) is 4.39 Å². The Morgan fingerprint density at radius 2 is 1.48 bits per heavy atom. The van der Waals surface area contributed by atoms with E-state index in [0.29, 0.717) is 18.7 Å². The minimum absolute atomic E-state index is 0.0449. The monoisotopic (exact) mass is 445 g/mol. The molecular weight excluding hydrogens is 417 g/mol. The minimum Gasteiger partial charge on any atom is -0.349 e. The first kappa shape index (κ1) is 22.7. The summed E-state index contributed by atoms with van der Waals surface area (Å²) in [5.74, 6) is -0.497. The van der Waals surface area contributed by atoms with E-state index in [2.05, 4.69) is 10.2 Å². The number of nitrogens with one attached hydrogen (secondary N) is 1. The van der Waals surface area contributed by atoms with Crippen LogP contribution >= 0.6 is 0 Å². The van der Waals surface area contributed by atoms with Crippen LogP contribution < -0.4 is 10.2 Å². The summed E-state index contributed by atoms with van der Waals surface area (Å²) in [6.07, 6.45) is 1.54. The molecule has 0 aromatic heterocycles. The van der Waals surface area contributed by atoms with Gasteiger partial charge in [0.1, 0.15) is 5.82 Å². The maximum atomic E-state index is 13.3. The van der Waals surface area contributed by atoms with E-state index >= 15 is 0 Å². The van der Waals surface area contributed by atoms with Gasteiger partial charge in [0.15, 0.2) is 0 Å². The lowest BCUT2D eigenvalue weighted by molar-refractivity contribution is -0.120. The normalized spacial score (nSPS) is 14.6. The fourth-order valence-electron chi connectivity index (χ4n) is 4.08. The number of hydrogen-bond acceptors (Lipinski definition) is 3. The Labute approximate surface area is 193 Å². The highest BCUT2D eigenvalue weighted by atomic mass is 19.1. The van der Waals surface area contributed by atoms with Crippen LogP contribution in [0.15, 0.2) is 84.9 Å². The van der Waals surface area contributed by atoms with E-state index in [1.807, 2.05) is 65.6 Å². The van der Waals surface area contributed by atoms with Gasteiger partial charge in [0.2, 0.25) is 5.91 Å². The molecule has 1 fully saturated rings. The number of rotatable bonds is 7. The van der Waals surface area contributed by atoms with Crippen molar-refractivity contribution in [1.29, 1.82) is 0 Å². The van der Waals surface area contributed by atoms with Gasteiger partial charge >= 0.3 is 0 Å². The summed E-state index contributed by atoms with van der Waals surface area (Å²) in [5.41, 5.74) is 2.41. The molecule has 0 aliphatic carbocycles. The quantitative estimate of drug-likeness (QED) is 0.592. The third-order valence-corrected chi connectivity index (χ3v) is 5.94. The number of carbonyl (C=O) groups is 2. The van der Waals surface area contributed by atoms with Crippen LogP contribution in [0.2, 0.25) is 0 Å². The molecule has 5 nitrogen and oxygen atoms in total. The van der Waals surface area contributed by atoms with Crippen LogP contribution in [0.4, 0.5) is 10.1 Å². The van der Waals surface area contributed by atoms with Crippen molar-refractivity contribution in [2.45, 2.75) is 25.4 Å². The second kappa shape index (κ2) is 10.9. The van der Waals surface area contributed by atoms with Crippen LogP contribution in [0.1, 0.15) is 28.8 Å². The lowest BCUT2D eigenvalue weighted by atomic mass is 10.0. The van der Waals surface area contributed by atoms with Crippen LogP contribution in [0.25, 0.3) is 0 Å². The number of benzene rings is 3. The van der Waals surface area contributed by atoms with Gasteiger partial charge in [-0.1, -0.05) is 48.5 Å². The fraction of sp³-hybridized carbons (Fsp3) is 0.259. The Bertz CT molecular complexity index is 1050. The number of amides is 2. The number of likely N-dealkylation sites (tertiary alicyclic amines) is 1. The molecule has 3 aromatic rings. The summed E-state index contributed by atoms with van der Waals surface area (Å²) >= 11 is 0. The molecule has 0 atom stereocenters. The highest BCUT2D eigenvalue weighted by Crippen LogP contribution is 2.19. The maximum absolute atomic E-state index is 13.3. The van der Waals surface area contributed by atoms with Crippen LogP contribution in [0.5, 0.6) is 0 Å². The number of para-hydroxylation sites is 1. The Kier molecular flexibility index (Phi) is 7.47. The summed E-state index contributed by atoms with van der Waals surface area (Å²) in [7, 11) is 0. The third kappa shape index (κ3) is 6.26. The van der Waals surface area contributed by atoms with Crippen molar-refractivity contribution < 1.29 is 14.0 Å². The molecule has 3 aromatic carbocycles. The van der Waals surface area contributed by atoms with Crippen molar-refractivity contribution in [2.75, 3.05) is 24.5 Å². The molecule has 0 spiro atoms. The average molecular weight is 446 g/mol. The molecule has 33 heavy (non-hydrogen) atoms. The molecular formula is C27H28FN3O2. The van der Waals surface area contributed by atoms with Crippen molar-refractivity contribution >= 4 is 17.5 Å².